The van der Waals surface area contributed by atoms with Crippen molar-refractivity contribution in [2.24, 2.45) is 29.4 Å². The predicted molar refractivity (Wildman–Crippen MR) is 214 cm³/mol. The molecule has 332 valence electrons. The van der Waals surface area contributed by atoms with E-state index >= 15 is 0 Å². The highest BCUT2D eigenvalue weighted by Gasteiger charge is 2.34. The molecule has 0 aromatic heterocycles. The first-order valence-electron chi connectivity index (χ1n) is 19.9. The maximum absolute atomic E-state index is 13.7. The van der Waals surface area contributed by atoms with Crippen molar-refractivity contribution in [1.29, 1.82) is 0 Å². The van der Waals surface area contributed by atoms with Crippen LogP contribution in [0.3, 0.4) is 0 Å². The van der Waals surface area contributed by atoms with Gasteiger partial charge in [-0.05, 0) is 50.9 Å². The molecule has 0 fully saturated rings. The number of hydrogen-bond donors (Lipinski definition) is 11. The Balaban J connectivity index is 5.72. The van der Waals surface area contributed by atoms with Crippen LogP contribution in [-0.2, 0) is 43.2 Å². The molecule has 8 amide bonds. The summed E-state index contributed by atoms with van der Waals surface area (Å²) in [5.74, 6) is -8.02. The van der Waals surface area contributed by atoms with Crippen molar-refractivity contribution in [3.8, 4) is 0 Å². The summed E-state index contributed by atoms with van der Waals surface area (Å²) in [4.78, 5) is 115. The number of hydrogen-bond acceptors (Lipinski definition) is 11. The summed E-state index contributed by atoms with van der Waals surface area (Å²) in [5.41, 5.74) is 5.50. The van der Waals surface area contributed by atoms with Crippen LogP contribution in [0, 0.1) is 23.7 Å². The zero-order chi connectivity index (χ0) is 45.0. The second-order valence-electron chi connectivity index (χ2n) is 15.7. The highest BCUT2D eigenvalue weighted by Crippen LogP contribution is 2.13. The van der Waals surface area contributed by atoms with Crippen LogP contribution in [0.15, 0.2) is 0 Å². The number of aliphatic hydroxyl groups excluding tert-OH is 1. The maximum atomic E-state index is 13.7. The molecule has 0 saturated heterocycles. The minimum atomic E-state index is -1.23. The standard InChI is InChI=1S/C38H69N9O11/c1-12-20(7)31(46-28(50)16-40-34(53)23(10)42-33(52)22(9)39)36(55)41-17-29(51)47-32(21(8)13-2)37(56)44-26(14-18(3)4)35(54)43-25(24(11)48)15-27(49)45-30(19(5)6)38(57)58/h18-26,30-32,48H,12-17,39H2,1-11H3,(H,40,53)(H,41,55)(H,42,52)(H,43,54)(H,44,56)(H,45,49)(H,46,50)(H,47,51)(H,57,58)/t20-,21-,22-,23-,24+,25+,26-,30-,31-,32-/m0/s1. The van der Waals surface area contributed by atoms with Gasteiger partial charge in [-0.15, -0.1) is 0 Å². The molecule has 0 spiro atoms. The summed E-state index contributed by atoms with van der Waals surface area (Å²) < 4.78 is 0. The van der Waals surface area contributed by atoms with Crippen LogP contribution in [0.4, 0.5) is 0 Å². The number of carboxylic acid groups (broad SMARTS) is 1. The third-order valence-electron chi connectivity index (χ3n) is 9.54. The molecule has 0 bridgehead atoms. The number of carbonyl (C=O) groups excluding carboxylic acids is 8. The molecule has 0 saturated carbocycles. The first kappa shape index (κ1) is 53.1. The van der Waals surface area contributed by atoms with Gasteiger partial charge in [0.25, 0.3) is 0 Å². The molecule has 0 heterocycles. The molecular weight excluding hydrogens is 758 g/mol. The molecule has 0 aliphatic heterocycles. The average Bonchev–Trinajstić information content (AvgIpc) is 3.13. The van der Waals surface area contributed by atoms with Gasteiger partial charge in [0.15, 0.2) is 0 Å². The summed E-state index contributed by atoms with van der Waals surface area (Å²) in [6.07, 6.45) is -0.606. The summed E-state index contributed by atoms with van der Waals surface area (Å²) in [5, 5.41) is 39.9. The van der Waals surface area contributed by atoms with Crippen LogP contribution < -0.4 is 48.3 Å². The van der Waals surface area contributed by atoms with Gasteiger partial charge in [0.1, 0.15) is 30.2 Å². The van der Waals surface area contributed by atoms with Gasteiger partial charge in [0, 0.05) is 6.42 Å². The third kappa shape index (κ3) is 19.5. The highest BCUT2D eigenvalue weighted by atomic mass is 16.4. The second-order valence-corrected chi connectivity index (χ2v) is 15.7. The minimum Gasteiger partial charge on any atom is -0.480 e. The number of aliphatic carboxylic acids is 1. The molecule has 58 heavy (non-hydrogen) atoms. The smallest absolute Gasteiger partial charge is 0.326 e. The first-order valence-corrected chi connectivity index (χ1v) is 19.9. The van der Waals surface area contributed by atoms with Crippen molar-refractivity contribution in [3.05, 3.63) is 0 Å². The van der Waals surface area contributed by atoms with E-state index in [0.29, 0.717) is 12.8 Å². The number of carbonyl (C=O) groups is 9. The lowest BCUT2D eigenvalue weighted by atomic mass is 9.96. The van der Waals surface area contributed by atoms with Crippen LogP contribution in [0.1, 0.15) is 102 Å². The summed E-state index contributed by atoms with van der Waals surface area (Å²) in [6, 6.07) is -7.51. The Morgan fingerprint density at radius 1 is 0.552 bits per heavy atom. The van der Waals surface area contributed by atoms with Gasteiger partial charge < -0.3 is 58.5 Å². The van der Waals surface area contributed by atoms with Gasteiger partial charge >= 0.3 is 5.97 Å². The summed E-state index contributed by atoms with van der Waals surface area (Å²) in [6.45, 7) is 17.0. The lowest BCUT2D eigenvalue weighted by Crippen LogP contribution is -2.59. The molecule has 12 N–H and O–H groups in total. The molecule has 0 aliphatic rings. The van der Waals surface area contributed by atoms with Crippen LogP contribution in [-0.4, -0.2) is 125 Å². The number of carboxylic acids is 1. The van der Waals surface area contributed by atoms with E-state index in [-0.39, 0.29) is 18.3 Å². The van der Waals surface area contributed by atoms with E-state index in [1.165, 1.54) is 20.8 Å². The van der Waals surface area contributed by atoms with Crippen molar-refractivity contribution in [3.63, 3.8) is 0 Å². The molecule has 20 heteroatoms. The molecule has 0 unspecified atom stereocenters. The number of rotatable bonds is 26. The highest BCUT2D eigenvalue weighted by molar-refractivity contribution is 5.96. The Morgan fingerprint density at radius 3 is 1.43 bits per heavy atom. The molecule has 20 nitrogen and oxygen atoms in total. The zero-order valence-electron chi connectivity index (χ0n) is 35.8. The monoisotopic (exact) mass is 828 g/mol. The Hall–Kier alpha value is -4.85. The Bertz CT molecular complexity index is 1420. The van der Waals surface area contributed by atoms with Crippen LogP contribution in [0.2, 0.25) is 0 Å². The van der Waals surface area contributed by atoms with E-state index in [1.807, 2.05) is 13.8 Å². The maximum Gasteiger partial charge on any atom is 0.326 e. The molecule has 0 radical (unpaired) electrons. The number of amides is 8. The summed E-state index contributed by atoms with van der Waals surface area (Å²) in [7, 11) is 0. The fourth-order valence-electron chi connectivity index (χ4n) is 5.40. The van der Waals surface area contributed by atoms with E-state index in [1.54, 1.807) is 41.5 Å². The van der Waals surface area contributed by atoms with Gasteiger partial charge in [-0.2, -0.15) is 0 Å². The number of nitrogens with two attached hydrogens (primary N) is 1. The van der Waals surface area contributed by atoms with E-state index in [0.717, 1.165) is 0 Å². The Morgan fingerprint density at radius 2 is 1.02 bits per heavy atom. The molecule has 0 aliphatic carbocycles. The molecular formula is C38H69N9O11. The van der Waals surface area contributed by atoms with Gasteiger partial charge in [-0.3, -0.25) is 38.4 Å². The topological polar surface area (TPSA) is 316 Å². The van der Waals surface area contributed by atoms with E-state index in [4.69, 9.17) is 5.73 Å². The normalized spacial score (nSPS) is 16.4. The van der Waals surface area contributed by atoms with Crippen molar-refractivity contribution in [2.75, 3.05) is 13.1 Å². The predicted octanol–water partition coefficient (Wildman–Crippen LogP) is -1.86. The van der Waals surface area contributed by atoms with Crippen molar-refractivity contribution in [1.82, 2.24) is 42.5 Å². The molecule has 0 aromatic rings. The van der Waals surface area contributed by atoms with E-state index in [2.05, 4.69) is 42.5 Å². The zero-order valence-corrected chi connectivity index (χ0v) is 35.8. The molecule has 0 aromatic carbocycles. The van der Waals surface area contributed by atoms with Gasteiger partial charge in [0.05, 0.1) is 31.3 Å². The Labute approximate surface area is 341 Å². The second kappa shape index (κ2) is 26.2. The van der Waals surface area contributed by atoms with Crippen molar-refractivity contribution >= 4 is 53.2 Å². The largest absolute Gasteiger partial charge is 0.480 e. The van der Waals surface area contributed by atoms with E-state index < -0.39 is 133 Å². The SMILES string of the molecule is CC[C@H](C)[C@H](NC(=O)CNC(=O)[C@H](C)NC(=O)[C@H](C)N)C(=O)NCC(=O)N[C@H](C(=O)N[C@@H](CC(C)C)C(=O)N[C@H](CC(=O)N[C@H](C(=O)O)C(C)C)[C@@H](C)O)[C@@H](C)CC. The van der Waals surface area contributed by atoms with Gasteiger partial charge in [-0.25, -0.2) is 4.79 Å². The molecule has 0 rings (SSSR count). The fraction of sp³-hybridized carbons (Fsp3) is 0.763. The minimum absolute atomic E-state index is 0.106. The van der Waals surface area contributed by atoms with Crippen molar-refractivity contribution in [2.45, 2.75) is 150 Å². The number of nitrogens with one attached hydrogen (secondary N) is 8. The van der Waals surface area contributed by atoms with Crippen molar-refractivity contribution < 1.29 is 53.4 Å². The quantitative estimate of drug-likeness (QED) is 0.0458. The Kier molecular flexibility index (Phi) is 24.0. The van der Waals surface area contributed by atoms with Crippen LogP contribution in [0.25, 0.3) is 0 Å². The number of aliphatic hydroxyl groups is 1. The summed E-state index contributed by atoms with van der Waals surface area (Å²) >= 11 is 0. The van der Waals surface area contributed by atoms with Gasteiger partial charge in [0.2, 0.25) is 47.3 Å². The van der Waals surface area contributed by atoms with Crippen LogP contribution >= 0.6 is 0 Å². The third-order valence-corrected chi connectivity index (χ3v) is 9.54. The first-order chi connectivity index (χ1) is 26.9. The van der Waals surface area contributed by atoms with E-state index in [9.17, 15) is 53.4 Å². The lowest BCUT2D eigenvalue weighted by Gasteiger charge is -2.29. The van der Waals surface area contributed by atoms with Gasteiger partial charge in [-0.1, -0.05) is 68.2 Å². The lowest BCUT2D eigenvalue weighted by molar-refractivity contribution is -0.143. The fourth-order valence-corrected chi connectivity index (χ4v) is 5.40. The average molecular weight is 828 g/mol. The molecule has 10 atom stereocenters. The van der Waals surface area contributed by atoms with Crippen LogP contribution in [0.5, 0.6) is 0 Å².